The van der Waals surface area contributed by atoms with Crippen molar-refractivity contribution in [1.82, 2.24) is 0 Å². The molecule has 0 radical (unpaired) electrons. The number of thiophene rings is 2. The lowest BCUT2D eigenvalue weighted by Crippen LogP contribution is -2.03. The van der Waals surface area contributed by atoms with Gasteiger partial charge in [0.1, 0.15) is 11.5 Å². The van der Waals surface area contributed by atoms with E-state index in [4.69, 9.17) is 28.4 Å². The maximum atomic E-state index is 7.04. The van der Waals surface area contributed by atoms with Crippen molar-refractivity contribution in [3.8, 4) is 34.5 Å². The van der Waals surface area contributed by atoms with E-state index >= 15 is 0 Å². The highest BCUT2D eigenvalue weighted by Gasteiger charge is 2.24. The average Bonchev–Trinajstić information content (AvgIpc) is 1.55. The van der Waals surface area contributed by atoms with Crippen molar-refractivity contribution in [2.24, 2.45) is 0 Å². The molecule has 0 bridgehead atoms. The first-order chi connectivity index (χ1) is 56.5. The van der Waals surface area contributed by atoms with Gasteiger partial charge in [0, 0.05) is 51.1 Å². The van der Waals surface area contributed by atoms with Gasteiger partial charge in [0.05, 0.1) is 39.6 Å². The molecule has 634 valence electrons. The summed E-state index contributed by atoms with van der Waals surface area (Å²) in [6.07, 6.45) is 78.1. The van der Waals surface area contributed by atoms with Crippen LogP contribution in [0, 0.1) is 0 Å². The lowest BCUT2D eigenvalue weighted by Gasteiger charge is -2.17. The first-order valence-corrected chi connectivity index (χ1v) is 50.6. The second-order valence-corrected chi connectivity index (χ2v) is 36.8. The monoisotopic (exact) mass is 1600 g/mol. The van der Waals surface area contributed by atoms with Gasteiger partial charge < -0.3 is 28.4 Å². The molecule has 0 aliphatic heterocycles. The number of benzene rings is 7. The second-order valence-electron chi connectivity index (χ2n) is 34.7. The van der Waals surface area contributed by atoms with Crippen molar-refractivity contribution in [2.45, 2.75) is 427 Å². The van der Waals surface area contributed by atoms with Crippen molar-refractivity contribution in [2.75, 3.05) is 39.6 Å². The highest BCUT2D eigenvalue weighted by atomic mass is 32.1. The highest BCUT2D eigenvalue weighted by Crippen LogP contribution is 2.53. The Bertz CT molecular complexity index is 3780. The Morgan fingerprint density at radius 2 is 0.377 bits per heavy atom. The molecular formula is C106H162O6S2. The van der Waals surface area contributed by atoms with Crippen LogP contribution in [0.1, 0.15) is 427 Å². The molecule has 0 fully saturated rings. The molecule has 0 aliphatic rings. The first kappa shape index (κ1) is 92.7. The van der Waals surface area contributed by atoms with E-state index in [1.54, 1.807) is 0 Å². The van der Waals surface area contributed by atoms with Crippen molar-refractivity contribution in [1.29, 1.82) is 0 Å². The number of rotatable bonds is 72. The topological polar surface area (TPSA) is 55.4 Å². The lowest BCUT2D eigenvalue weighted by molar-refractivity contribution is 0.259. The molecule has 7 aromatic carbocycles. The molecule has 0 unspecified atom stereocenters. The molecule has 9 aromatic rings. The van der Waals surface area contributed by atoms with Crippen LogP contribution in [-0.4, -0.2) is 39.6 Å². The van der Waals surface area contributed by atoms with Crippen LogP contribution in [0.2, 0.25) is 0 Å². The molecule has 0 N–H and O–H groups in total. The van der Waals surface area contributed by atoms with Crippen LogP contribution in [0.15, 0.2) is 72.8 Å². The van der Waals surface area contributed by atoms with Gasteiger partial charge in [-0.05, 0) is 132 Å². The summed E-state index contributed by atoms with van der Waals surface area (Å²) in [5, 5.41) is 15.1. The van der Waals surface area contributed by atoms with Gasteiger partial charge in [0.25, 0.3) is 0 Å². The van der Waals surface area contributed by atoms with Crippen LogP contribution in [-0.2, 0) is 0 Å². The summed E-state index contributed by atoms with van der Waals surface area (Å²) >= 11 is 3.91. The highest BCUT2D eigenvalue weighted by molar-refractivity contribution is 7.28. The molecular weight excluding hydrogens is 1430 g/mol. The smallest absolute Gasteiger partial charge is 0.161 e. The number of ether oxygens (including phenoxy) is 6. The summed E-state index contributed by atoms with van der Waals surface area (Å²) in [4.78, 5) is 0. The zero-order valence-electron chi connectivity index (χ0n) is 73.9. The molecule has 0 atom stereocenters. The van der Waals surface area contributed by atoms with Gasteiger partial charge in [-0.15, -0.1) is 22.7 Å². The van der Waals surface area contributed by atoms with Gasteiger partial charge in [0.15, 0.2) is 23.0 Å². The SMILES string of the molecule is CCCCCCCCCCCCOc1ccc2c3cc(OCCCCCCCCCCCC)c(OCCCCCCCCCCCC)cc3c3sc4cc5c(cc4c3c2c1)sc1c2cc(OCCCCCCCCCCCC)c(OCCCCCCCCCCCC)cc2c2ccc(OCCCCCCCCCCCC)cc2c51. The van der Waals surface area contributed by atoms with E-state index in [1.165, 1.54) is 430 Å². The van der Waals surface area contributed by atoms with Crippen LogP contribution in [0.5, 0.6) is 34.5 Å². The van der Waals surface area contributed by atoms with E-state index in [2.05, 4.69) is 114 Å². The number of unbranched alkanes of at least 4 members (excludes halogenated alkanes) is 54. The zero-order valence-corrected chi connectivity index (χ0v) is 75.5. The lowest BCUT2D eigenvalue weighted by atomic mass is 9.95. The standard InChI is InChI=1S/C106H162O6S2/c1-7-13-19-25-31-37-43-49-55-61-71-107-85-67-69-87-89-79-97(109-73-63-57-51-45-39-33-27-21-15-9-3)99(111-75-65-59-53-47-41-35-29-23-17-11-5)81-93(89)105-103(91(87)77-85)95-83-102-96(84-101(95)113-105)104-92-78-86(108-72-62-56-50-44-38-32-26-20-14-8-2)68-70-88(92)90-80-98(110-74-64-58-52-46-40-34-28-22-16-10-4)100(82-94(90)106(104)114-102)112-76-66-60-54-48-42-36-30-24-18-12-6/h67-70,77-84H,7-66,71-76H2,1-6H3. The van der Waals surface area contributed by atoms with Crippen molar-refractivity contribution in [3.63, 3.8) is 0 Å². The molecule has 8 heteroatoms. The predicted octanol–water partition coefficient (Wildman–Crippen LogP) is 36.8. The minimum Gasteiger partial charge on any atom is -0.494 e. The van der Waals surface area contributed by atoms with Crippen LogP contribution in [0.3, 0.4) is 0 Å². The predicted molar refractivity (Wildman–Crippen MR) is 506 cm³/mol. The molecule has 0 amide bonds. The Hall–Kier alpha value is -5.18. The van der Waals surface area contributed by atoms with Crippen LogP contribution in [0.25, 0.3) is 83.4 Å². The molecule has 6 nitrogen and oxygen atoms in total. The molecule has 0 saturated heterocycles. The van der Waals surface area contributed by atoms with Crippen molar-refractivity contribution < 1.29 is 28.4 Å². The Morgan fingerprint density at radius 1 is 0.175 bits per heavy atom. The average molecular weight is 1600 g/mol. The largest absolute Gasteiger partial charge is 0.494 e. The first-order valence-electron chi connectivity index (χ1n) is 49.0. The molecule has 2 heterocycles. The molecule has 0 aliphatic carbocycles. The van der Waals surface area contributed by atoms with Gasteiger partial charge in [-0.3, -0.25) is 0 Å². The molecule has 9 rings (SSSR count). The van der Waals surface area contributed by atoms with E-state index in [0.29, 0.717) is 26.4 Å². The van der Waals surface area contributed by atoms with Crippen molar-refractivity contribution in [3.05, 3.63) is 72.8 Å². The van der Waals surface area contributed by atoms with Gasteiger partial charge >= 0.3 is 0 Å². The molecule has 0 spiro atoms. The third-order valence-electron chi connectivity index (χ3n) is 24.8. The fourth-order valence-corrected chi connectivity index (χ4v) is 20.3. The number of fused-ring (bicyclic) bond motifs is 16. The Balaban J connectivity index is 1.10. The number of hydrogen-bond acceptors (Lipinski definition) is 8. The minimum absolute atomic E-state index is 0.693. The van der Waals surface area contributed by atoms with E-state index < -0.39 is 0 Å². The summed E-state index contributed by atoms with van der Waals surface area (Å²) in [5.74, 6) is 5.44. The van der Waals surface area contributed by atoms with Crippen LogP contribution < -0.4 is 28.4 Å². The van der Waals surface area contributed by atoms with Crippen molar-refractivity contribution >= 4 is 106 Å². The van der Waals surface area contributed by atoms with Gasteiger partial charge in [-0.2, -0.15) is 0 Å². The summed E-state index contributed by atoms with van der Waals surface area (Å²) in [6, 6.07) is 28.6. The number of hydrogen-bond donors (Lipinski definition) is 0. The maximum Gasteiger partial charge on any atom is 0.161 e. The fourth-order valence-electron chi connectivity index (χ4n) is 17.7. The van der Waals surface area contributed by atoms with Crippen LogP contribution >= 0.6 is 22.7 Å². The van der Waals surface area contributed by atoms with Gasteiger partial charge in [0.2, 0.25) is 0 Å². The second kappa shape index (κ2) is 57.1. The summed E-state index contributed by atoms with van der Waals surface area (Å²) in [7, 11) is 0. The third kappa shape index (κ3) is 31.5. The molecule has 2 aromatic heterocycles. The zero-order chi connectivity index (χ0) is 79.5. The third-order valence-corrected chi connectivity index (χ3v) is 27.2. The molecule has 0 saturated carbocycles. The minimum atomic E-state index is 0.693. The Morgan fingerprint density at radius 3 is 0.605 bits per heavy atom. The quantitative estimate of drug-likeness (QED) is 0.0280. The normalized spacial score (nSPS) is 12.0. The van der Waals surface area contributed by atoms with E-state index in [-0.39, 0.29) is 0 Å². The van der Waals surface area contributed by atoms with Crippen LogP contribution in [0.4, 0.5) is 0 Å². The van der Waals surface area contributed by atoms with E-state index in [0.717, 1.165) is 86.2 Å². The Kier molecular flexibility index (Phi) is 46.4. The Labute approximate surface area is 703 Å². The summed E-state index contributed by atoms with van der Waals surface area (Å²) in [6.45, 7) is 18.1. The fraction of sp³-hybridized carbons (Fsp3) is 0.679. The van der Waals surface area contributed by atoms with Gasteiger partial charge in [-0.25, -0.2) is 0 Å². The molecule has 114 heavy (non-hydrogen) atoms. The van der Waals surface area contributed by atoms with E-state index in [9.17, 15) is 0 Å². The maximum absolute atomic E-state index is 7.04. The summed E-state index contributed by atoms with van der Waals surface area (Å²) in [5.41, 5.74) is 0. The van der Waals surface area contributed by atoms with Gasteiger partial charge in [-0.1, -0.05) is 400 Å². The summed E-state index contributed by atoms with van der Waals surface area (Å²) < 4.78 is 47.0. The van der Waals surface area contributed by atoms with E-state index in [1.807, 2.05) is 22.7 Å².